The molecule has 0 aliphatic heterocycles. The number of aliphatic carboxylic acids is 1. The molecule has 20 heavy (non-hydrogen) atoms. The van der Waals surface area contributed by atoms with Crippen LogP contribution in [0.5, 0.6) is 0 Å². The maximum Gasteiger partial charge on any atom is 0.306 e. The summed E-state index contributed by atoms with van der Waals surface area (Å²) in [7, 11) is 0. The lowest BCUT2D eigenvalue weighted by Gasteiger charge is -2.22. The van der Waals surface area contributed by atoms with E-state index < -0.39 is 5.97 Å². The molecule has 1 fully saturated rings. The van der Waals surface area contributed by atoms with Crippen molar-refractivity contribution >= 4 is 11.9 Å². The summed E-state index contributed by atoms with van der Waals surface area (Å²) < 4.78 is 0. The number of hydrogen-bond donors (Lipinski definition) is 2. The number of carbonyl (C=O) groups excluding carboxylic acids is 1. The molecule has 2 atom stereocenters. The number of carboxylic acid groups (broad SMARTS) is 1. The third kappa shape index (κ3) is 5.90. The van der Waals surface area contributed by atoms with Crippen LogP contribution in [0.15, 0.2) is 0 Å². The molecule has 0 aromatic heterocycles. The minimum atomic E-state index is -0.733. The van der Waals surface area contributed by atoms with E-state index in [2.05, 4.69) is 5.32 Å². The molecule has 1 aliphatic carbocycles. The van der Waals surface area contributed by atoms with Crippen molar-refractivity contribution in [1.29, 1.82) is 0 Å². The Morgan fingerprint density at radius 2 is 1.95 bits per heavy atom. The SMILES string of the molecule is CCN(C(=O)CNC(C)CCCC(C)C(=O)O)C1CC1. The normalized spacial score (nSPS) is 17.6. The van der Waals surface area contributed by atoms with E-state index in [9.17, 15) is 9.59 Å². The highest BCUT2D eigenvalue weighted by molar-refractivity contribution is 5.78. The highest BCUT2D eigenvalue weighted by atomic mass is 16.4. The molecule has 2 unspecified atom stereocenters. The standard InChI is InChI=1S/C15H28N2O3/c1-4-17(13-8-9-13)14(18)10-16-12(3)7-5-6-11(2)15(19)20/h11-13,16H,4-10H2,1-3H3,(H,19,20). The van der Waals surface area contributed by atoms with E-state index in [4.69, 9.17) is 5.11 Å². The van der Waals surface area contributed by atoms with Crippen LogP contribution in [0.1, 0.15) is 52.9 Å². The van der Waals surface area contributed by atoms with Crippen molar-refractivity contribution in [3.8, 4) is 0 Å². The number of rotatable bonds is 10. The molecule has 0 spiro atoms. The van der Waals surface area contributed by atoms with Crippen LogP contribution in [0, 0.1) is 5.92 Å². The molecular formula is C15H28N2O3. The number of carboxylic acids is 1. The average molecular weight is 284 g/mol. The summed E-state index contributed by atoms with van der Waals surface area (Å²) in [6.07, 6.45) is 4.75. The van der Waals surface area contributed by atoms with Crippen LogP contribution in [0.4, 0.5) is 0 Å². The first-order chi connectivity index (χ1) is 9.45. The van der Waals surface area contributed by atoms with E-state index in [0.717, 1.165) is 32.2 Å². The molecule has 0 aromatic rings. The first-order valence-electron chi connectivity index (χ1n) is 7.71. The summed E-state index contributed by atoms with van der Waals surface area (Å²) in [5, 5.41) is 12.0. The summed E-state index contributed by atoms with van der Waals surface area (Å²) >= 11 is 0. The maximum absolute atomic E-state index is 12.0. The molecule has 0 saturated heterocycles. The van der Waals surface area contributed by atoms with Gasteiger partial charge in [0.1, 0.15) is 0 Å². The van der Waals surface area contributed by atoms with Crippen LogP contribution >= 0.6 is 0 Å². The Morgan fingerprint density at radius 3 is 2.45 bits per heavy atom. The van der Waals surface area contributed by atoms with E-state index >= 15 is 0 Å². The second-order valence-corrected chi connectivity index (χ2v) is 5.86. The zero-order valence-electron chi connectivity index (χ0n) is 12.9. The highest BCUT2D eigenvalue weighted by Crippen LogP contribution is 2.26. The molecular weight excluding hydrogens is 256 g/mol. The summed E-state index contributed by atoms with van der Waals surface area (Å²) in [6.45, 7) is 6.98. The molecule has 1 amide bonds. The molecule has 5 heteroatoms. The fraction of sp³-hybridized carbons (Fsp3) is 0.867. The van der Waals surface area contributed by atoms with Gasteiger partial charge in [-0.05, 0) is 39.5 Å². The Balaban J connectivity index is 2.14. The second-order valence-electron chi connectivity index (χ2n) is 5.86. The number of likely N-dealkylation sites (N-methyl/N-ethyl adjacent to an activating group) is 1. The van der Waals surface area contributed by atoms with Crippen molar-refractivity contribution in [2.75, 3.05) is 13.1 Å². The Morgan fingerprint density at radius 1 is 1.30 bits per heavy atom. The third-order valence-electron chi connectivity index (χ3n) is 3.95. The van der Waals surface area contributed by atoms with E-state index in [1.165, 1.54) is 0 Å². The Hall–Kier alpha value is -1.10. The maximum atomic E-state index is 12.0. The molecule has 116 valence electrons. The fourth-order valence-electron chi connectivity index (χ4n) is 2.34. The van der Waals surface area contributed by atoms with Gasteiger partial charge < -0.3 is 15.3 Å². The van der Waals surface area contributed by atoms with Gasteiger partial charge in [0.05, 0.1) is 12.5 Å². The lowest BCUT2D eigenvalue weighted by molar-refractivity contribution is -0.141. The van der Waals surface area contributed by atoms with Crippen molar-refractivity contribution in [3.05, 3.63) is 0 Å². The average Bonchev–Trinajstić information content (AvgIpc) is 3.21. The molecule has 0 aromatic carbocycles. The Kier molecular flexibility index (Phi) is 6.99. The van der Waals surface area contributed by atoms with E-state index in [1.54, 1.807) is 6.92 Å². The van der Waals surface area contributed by atoms with Crippen LogP contribution in [0.2, 0.25) is 0 Å². The number of nitrogens with one attached hydrogen (secondary N) is 1. The molecule has 5 nitrogen and oxygen atoms in total. The van der Waals surface area contributed by atoms with Crippen molar-refractivity contribution < 1.29 is 14.7 Å². The zero-order chi connectivity index (χ0) is 15.1. The van der Waals surface area contributed by atoms with Crippen molar-refractivity contribution in [3.63, 3.8) is 0 Å². The summed E-state index contributed by atoms with van der Waals surface area (Å²) in [6, 6.07) is 0.721. The zero-order valence-corrected chi connectivity index (χ0v) is 12.9. The smallest absolute Gasteiger partial charge is 0.306 e. The fourth-order valence-corrected chi connectivity index (χ4v) is 2.34. The summed E-state index contributed by atoms with van der Waals surface area (Å²) in [5.74, 6) is -0.834. The first kappa shape index (κ1) is 17.0. The van der Waals surface area contributed by atoms with Gasteiger partial charge in [-0.2, -0.15) is 0 Å². The summed E-state index contributed by atoms with van der Waals surface area (Å²) in [4.78, 5) is 24.7. The Bertz CT molecular complexity index is 329. The van der Waals surface area contributed by atoms with Crippen LogP contribution < -0.4 is 5.32 Å². The van der Waals surface area contributed by atoms with Crippen LogP contribution in [-0.4, -0.2) is 47.1 Å². The molecule has 0 heterocycles. The van der Waals surface area contributed by atoms with Crippen LogP contribution in [-0.2, 0) is 9.59 Å². The molecule has 2 N–H and O–H groups in total. The number of carbonyl (C=O) groups is 2. The van der Waals surface area contributed by atoms with Crippen molar-refractivity contribution in [1.82, 2.24) is 10.2 Å². The van der Waals surface area contributed by atoms with E-state index in [-0.39, 0.29) is 17.9 Å². The van der Waals surface area contributed by atoms with Gasteiger partial charge in [0.25, 0.3) is 0 Å². The topological polar surface area (TPSA) is 69.6 Å². The van der Waals surface area contributed by atoms with Crippen molar-refractivity contribution in [2.24, 2.45) is 5.92 Å². The number of amides is 1. The molecule has 1 aliphatic rings. The predicted molar refractivity (Wildman–Crippen MR) is 78.5 cm³/mol. The monoisotopic (exact) mass is 284 g/mol. The van der Waals surface area contributed by atoms with Gasteiger partial charge in [-0.15, -0.1) is 0 Å². The molecule has 1 rings (SSSR count). The lowest BCUT2D eigenvalue weighted by Crippen LogP contribution is -2.41. The minimum absolute atomic E-state index is 0.181. The van der Waals surface area contributed by atoms with Gasteiger partial charge >= 0.3 is 5.97 Å². The number of hydrogen-bond acceptors (Lipinski definition) is 3. The minimum Gasteiger partial charge on any atom is -0.481 e. The van der Waals surface area contributed by atoms with E-state index in [0.29, 0.717) is 19.0 Å². The molecule has 0 bridgehead atoms. The Labute approximate surface area is 121 Å². The largest absolute Gasteiger partial charge is 0.481 e. The lowest BCUT2D eigenvalue weighted by atomic mass is 10.0. The van der Waals surface area contributed by atoms with Gasteiger partial charge in [-0.3, -0.25) is 9.59 Å². The van der Waals surface area contributed by atoms with Gasteiger partial charge in [-0.25, -0.2) is 0 Å². The van der Waals surface area contributed by atoms with E-state index in [1.807, 2.05) is 18.7 Å². The third-order valence-corrected chi connectivity index (χ3v) is 3.95. The number of nitrogens with zero attached hydrogens (tertiary/aromatic N) is 1. The first-order valence-corrected chi connectivity index (χ1v) is 7.71. The molecule has 1 saturated carbocycles. The quantitative estimate of drug-likeness (QED) is 0.642. The molecule has 0 radical (unpaired) electrons. The van der Waals surface area contributed by atoms with Crippen LogP contribution in [0.3, 0.4) is 0 Å². The van der Waals surface area contributed by atoms with Gasteiger partial charge in [0.15, 0.2) is 0 Å². The van der Waals surface area contributed by atoms with Gasteiger partial charge in [-0.1, -0.05) is 13.3 Å². The van der Waals surface area contributed by atoms with Gasteiger partial charge in [0, 0.05) is 18.6 Å². The van der Waals surface area contributed by atoms with Crippen molar-refractivity contribution in [2.45, 2.75) is 65.0 Å². The predicted octanol–water partition coefficient (Wildman–Crippen LogP) is 1.87. The summed E-state index contributed by atoms with van der Waals surface area (Å²) in [5.41, 5.74) is 0. The van der Waals surface area contributed by atoms with Crippen LogP contribution in [0.25, 0.3) is 0 Å². The van der Waals surface area contributed by atoms with Gasteiger partial charge in [0.2, 0.25) is 5.91 Å². The highest BCUT2D eigenvalue weighted by Gasteiger charge is 2.30. The second kappa shape index (κ2) is 8.25.